The van der Waals surface area contributed by atoms with Crippen LogP contribution >= 0.6 is 0 Å². The molecule has 96 valence electrons. The Bertz CT molecular complexity index is 474. The molecule has 0 N–H and O–H groups in total. The van der Waals surface area contributed by atoms with Crippen molar-refractivity contribution in [3.05, 3.63) is 29.3 Å². The largest absolute Gasteiger partial charge is 0.496 e. The van der Waals surface area contributed by atoms with E-state index >= 15 is 0 Å². The summed E-state index contributed by atoms with van der Waals surface area (Å²) in [6.07, 6.45) is 0.750. The number of Topliss-reactive ketones (excluding diaryl/α,β-unsaturated/α-hetero) is 1. The normalized spacial score (nSPS) is 13.5. The van der Waals surface area contributed by atoms with Crippen molar-refractivity contribution in [3.63, 3.8) is 0 Å². The van der Waals surface area contributed by atoms with Gasteiger partial charge in [-0.15, -0.1) is 0 Å². The van der Waals surface area contributed by atoms with Crippen molar-refractivity contribution in [1.82, 2.24) is 0 Å². The van der Waals surface area contributed by atoms with Gasteiger partial charge in [0, 0.05) is 5.92 Å². The van der Waals surface area contributed by atoms with Gasteiger partial charge in [-0.25, -0.2) is 0 Å². The van der Waals surface area contributed by atoms with E-state index in [1.165, 1.54) is 0 Å². The summed E-state index contributed by atoms with van der Waals surface area (Å²) in [6.45, 7) is 5.74. The third-order valence-corrected chi connectivity index (χ3v) is 3.28. The molecule has 0 bridgehead atoms. The number of nitrogens with zero attached hydrogens (tertiary/aromatic N) is 1. The fourth-order valence-corrected chi connectivity index (χ4v) is 1.80. The van der Waals surface area contributed by atoms with Gasteiger partial charge in [-0.3, -0.25) is 4.79 Å². The maximum Gasteiger partial charge on any atom is 0.157 e. The summed E-state index contributed by atoms with van der Waals surface area (Å²) in [5, 5.41) is 9.22. The van der Waals surface area contributed by atoms with E-state index in [2.05, 4.69) is 6.07 Å². The summed E-state index contributed by atoms with van der Waals surface area (Å²) in [6, 6.07) is 7.58. The highest BCUT2D eigenvalue weighted by Crippen LogP contribution is 2.27. The van der Waals surface area contributed by atoms with Crippen LogP contribution in [0.5, 0.6) is 5.75 Å². The Morgan fingerprint density at radius 2 is 2.17 bits per heavy atom. The van der Waals surface area contributed by atoms with Crippen LogP contribution in [0.2, 0.25) is 0 Å². The average Bonchev–Trinajstić information content (AvgIpc) is 2.40. The number of methoxy groups -OCH3 is 1. The van der Waals surface area contributed by atoms with Crippen LogP contribution < -0.4 is 4.74 Å². The van der Waals surface area contributed by atoms with Gasteiger partial charge in [0.15, 0.2) is 5.78 Å². The van der Waals surface area contributed by atoms with Crippen molar-refractivity contribution < 1.29 is 9.53 Å². The lowest BCUT2D eigenvalue weighted by Crippen LogP contribution is -2.18. The van der Waals surface area contributed by atoms with Crippen LogP contribution in [0.4, 0.5) is 0 Å². The monoisotopic (exact) mass is 245 g/mol. The lowest BCUT2D eigenvalue weighted by molar-refractivity contribution is -0.122. The van der Waals surface area contributed by atoms with E-state index in [0.29, 0.717) is 11.3 Å². The Balaban J connectivity index is 3.11. The highest BCUT2D eigenvalue weighted by molar-refractivity contribution is 5.90. The minimum atomic E-state index is -0.700. The quantitative estimate of drug-likeness (QED) is 0.800. The van der Waals surface area contributed by atoms with Crippen molar-refractivity contribution in [3.8, 4) is 11.8 Å². The number of ether oxygens (including phenoxy) is 1. The molecule has 1 aromatic rings. The van der Waals surface area contributed by atoms with Crippen molar-refractivity contribution in [2.75, 3.05) is 7.11 Å². The number of carbonyl (C=O) groups excluding carboxylic acids is 1. The number of carbonyl (C=O) groups is 1. The first kappa shape index (κ1) is 14.2. The van der Waals surface area contributed by atoms with E-state index < -0.39 is 5.92 Å². The van der Waals surface area contributed by atoms with Gasteiger partial charge in [0.2, 0.25) is 0 Å². The summed E-state index contributed by atoms with van der Waals surface area (Å²) in [4.78, 5) is 12.1. The van der Waals surface area contributed by atoms with E-state index in [1.54, 1.807) is 13.2 Å². The molecule has 0 aliphatic rings. The molecule has 0 aliphatic heterocycles. The second kappa shape index (κ2) is 6.20. The number of rotatable bonds is 5. The molecular weight excluding hydrogens is 226 g/mol. The van der Waals surface area contributed by atoms with Crippen molar-refractivity contribution in [1.29, 1.82) is 5.26 Å². The Kier molecular flexibility index (Phi) is 4.91. The van der Waals surface area contributed by atoms with Crippen molar-refractivity contribution in [2.24, 2.45) is 5.92 Å². The molecule has 0 spiro atoms. The zero-order valence-corrected chi connectivity index (χ0v) is 11.4. The maximum atomic E-state index is 12.1. The van der Waals surface area contributed by atoms with Gasteiger partial charge >= 0.3 is 0 Å². The zero-order valence-electron chi connectivity index (χ0n) is 11.4. The fourth-order valence-electron chi connectivity index (χ4n) is 1.80. The molecule has 1 aromatic carbocycles. The highest BCUT2D eigenvalue weighted by atomic mass is 16.5. The standard InChI is InChI=1S/C15H19NO2/c1-5-10(2)15(17)13(9-16)12-7-6-11(3)14(8-12)18-4/h6-8,10,13H,5H2,1-4H3. The first-order chi connectivity index (χ1) is 8.54. The topological polar surface area (TPSA) is 50.1 Å². The van der Waals surface area contributed by atoms with Gasteiger partial charge in [0.1, 0.15) is 11.7 Å². The summed E-state index contributed by atoms with van der Waals surface area (Å²) in [7, 11) is 1.59. The molecule has 18 heavy (non-hydrogen) atoms. The molecule has 0 heterocycles. The average molecular weight is 245 g/mol. The molecule has 3 heteroatoms. The highest BCUT2D eigenvalue weighted by Gasteiger charge is 2.24. The van der Waals surface area contributed by atoms with Crippen molar-refractivity contribution in [2.45, 2.75) is 33.1 Å². The SMILES string of the molecule is CCC(C)C(=O)C(C#N)c1ccc(C)c(OC)c1. The van der Waals surface area contributed by atoms with Gasteiger partial charge in [-0.1, -0.05) is 26.0 Å². The van der Waals surface area contributed by atoms with Crippen LogP contribution in [0.3, 0.4) is 0 Å². The molecule has 1 rings (SSSR count). The van der Waals surface area contributed by atoms with Crippen LogP contribution in [-0.4, -0.2) is 12.9 Å². The second-order valence-electron chi connectivity index (χ2n) is 4.50. The molecule has 0 fully saturated rings. The molecule has 0 aromatic heterocycles. The molecule has 2 unspecified atom stereocenters. The number of nitriles is 1. The Labute approximate surface area is 108 Å². The summed E-state index contributed by atoms with van der Waals surface area (Å²) < 4.78 is 5.23. The summed E-state index contributed by atoms with van der Waals surface area (Å²) in [5.41, 5.74) is 1.71. The first-order valence-electron chi connectivity index (χ1n) is 6.13. The van der Waals surface area contributed by atoms with Crippen LogP contribution in [0, 0.1) is 24.2 Å². The molecule has 0 amide bonds. The smallest absolute Gasteiger partial charge is 0.157 e. The molecule has 0 radical (unpaired) electrons. The third-order valence-electron chi connectivity index (χ3n) is 3.28. The Hall–Kier alpha value is -1.82. The number of hydrogen-bond donors (Lipinski definition) is 0. The Morgan fingerprint density at radius 1 is 1.50 bits per heavy atom. The zero-order chi connectivity index (χ0) is 13.7. The molecule has 2 atom stereocenters. The minimum absolute atomic E-state index is 0.0223. The third kappa shape index (κ3) is 2.89. The van der Waals surface area contributed by atoms with Crippen molar-refractivity contribution >= 4 is 5.78 Å². The minimum Gasteiger partial charge on any atom is -0.496 e. The van der Waals surface area contributed by atoms with Gasteiger partial charge in [0.05, 0.1) is 13.2 Å². The van der Waals surface area contributed by atoms with Gasteiger partial charge in [-0.2, -0.15) is 5.26 Å². The number of aryl methyl sites for hydroxylation is 1. The van der Waals surface area contributed by atoms with Gasteiger partial charge < -0.3 is 4.74 Å². The van der Waals surface area contributed by atoms with Crippen LogP contribution in [0.25, 0.3) is 0 Å². The summed E-state index contributed by atoms with van der Waals surface area (Å²) in [5.74, 6) is -0.105. The van der Waals surface area contributed by atoms with Crippen LogP contribution in [0.1, 0.15) is 37.3 Å². The number of benzene rings is 1. The maximum absolute atomic E-state index is 12.1. The van der Waals surface area contributed by atoms with Gasteiger partial charge in [0.25, 0.3) is 0 Å². The predicted octanol–water partition coefficient (Wildman–Crippen LogP) is 3.23. The Morgan fingerprint density at radius 3 is 2.67 bits per heavy atom. The number of hydrogen-bond acceptors (Lipinski definition) is 3. The van der Waals surface area contributed by atoms with Crippen LogP contribution in [0.15, 0.2) is 18.2 Å². The number of ketones is 1. The van der Waals surface area contributed by atoms with E-state index in [0.717, 1.165) is 12.0 Å². The fraction of sp³-hybridized carbons (Fsp3) is 0.467. The predicted molar refractivity (Wildman–Crippen MR) is 70.5 cm³/mol. The summed E-state index contributed by atoms with van der Waals surface area (Å²) >= 11 is 0. The van der Waals surface area contributed by atoms with E-state index in [1.807, 2.05) is 32.9 Å². The lowest BCUT2D eigenvalue weighted by atomic mass is 9.87. The molecule has 0 aliphatic carbocycles. The lowest BCUT2D eigenvalue weighted by Gasteiger charge is -2.14. The van der Waals surface area contributed by atoms with E-state index in [-0.39, 0.29) is 11.7 Å². The molecule has 0 saturated heterocycles. The molecule has 3 nitrogen and oxygen atoms in total. The first-order valence-corrected chi connectivity index (χ1v) is 6.13. The van der Waals surface area contributed by atoms with E-state index in [9.17, 15) is 10.1 Å². The second-order valence-corrected chi connectivity index (χ2v) is 4.50. The molecule has 0 saturated carbocycles. The van der Waals surface area contributed by atoms with E-state index in [4.69, 9.17) is 4.74 Å². The molecular formula is C15H19NO2. The van der Waals surface area contributed by atoms with Crippen LogP contribution in [-0.2, 0) is 4.79 Å². The van der Waals surface area contributed by atoms with Gasteiger partial charge in [-0.05, 0) is 30.5 Å².